The van der Waals surface area contributed by atoms with Crippen molar-refractivity contribution >= 4 is 33.5 Å². The molecule has 0 radical (unpaired) electrons. The summed E-state index contributed by atoms with van der Waals surface area (Å²) >= 11 is 2.92. The minimum absolute atomic E-state index is 0.0208. The number of carbonyl (C=O) groups is 1. The topological polar surface area (TPSA) is 17.1 Å². The summed E-state index contributed by atoms with van der Waals surface area (Å²) in [4.78, 5) is 11.5. The van der Waals surface area contributed by atoms with E-state index in [4.69, 9.17) is 0 Å². The summed E-state index contributed by atoms with van der Waals surface area (Å²) in [5, 5.41) is 0. The molecule has 1 aromatic carbocycles. The summed E-state index contributed by atoms with van der Waals surface area (Å²) < 4.78 is 36.9. The van der Waals surface area contributed by atoms with Gasteiger partial charge in [0, 0.05) is 21.4 Å². The molecule has 88 valence electrons. The molecule has 16 heavy (non-hydrogen) atoms. The first-order chi connectivity index (χ1) is 7.33. The highest BCUT2D eigenvalue weighted by Gasteiger charge is 2.29. The van der Waals surface area contributed by atoms with Gasteiger partial charge in [0.2, 0.25) is 0 Å². The van der Waals surface area contributed by atoms with Crippen molar-refractivity contribution < 1.29 is 18.0 Å². The zero-order valence-electron chi connectivity index (χ0n) is 8.27. The van der Waals surface area contributed by atoms with Crippen LogP contribution < -0.4 is 0 Å². The van der Waals surface area contributed by atoms with Crippen LogP contribution in [0.5, 0.6) is 0 Å². The molecule has 0 unspecified atom stereocenters. The fourth-order valence-electron chi connectivity index (χ4n) is 1.11. The Morgan fingerprint density at radius 1 is 1.44 bits per heavy atom. The predicted octanol–water partition coefficient (Wildman–Crippen LogP) is 4.65. The third kappa shape index (κ3) is 3.83. The van der Waals surface area contributed by atoms with E-state index in [1.165, 1.54) is 18.2 Å². The summed E-state index contributed by atoms with van der Waals surface area (Å²) in [6, 6.07) is 4.04. The molecule has 0 N–H and O–H groups in total. The van der Waals surface area contributed by atoms with E-state index < -0.39 is 5.51 Å². The van der Waals surface area contributed by atoms with E-state index in [2.05, 4.69) is 15.9 Å². The zero-order valence-corrected chi connectivity index (χ0v) is 10.7. The number of thioether (sulfide) groups is 1. The van der Waals surface area contributed by atoms with Crippen LogP contribution in [-0.2, 0) is 0 Å². The van der Waals surface area contributed by atoms with Crippen molar-refractivity contribution in [2.75, 3.05) is 0 Å². The summed E-state index contributed by atoms with van der Waals surface area (Å²) in [5.74, 6) is -0.184. The number of alkyl halides is 3. The lowest BCUT2D eigenvalue weighted by molar-refractivity contribution is -0.0328. The van der Waals surface area contributed by atoms with Crippen molar-refractivity contribution in [2.45, 2.75) is 23.7 Å². The van der Waals surface area contributed by atoms with Gasteiger partial charge in [-0.1, -0.05) is 22.9 Å². The molecule has 0 bridgehead atoms. The molecular formula is C10H8BrF3OS. The lowest BCUT2D eigenvalue weighted by atomic mass is 10.1. The number of hydrogen-bond acceptors (Lipinski definition) is 2. The average Bonchev–Trinajstić information content (AvgIpc) is 2.18. The summed E-state index contributed by atoms with van der Waals surface area (Å²) in [7, 11) is 0. The van der Waals surface area contributed by atoms with E-state index >= 15 is 0 Å². The van der Waals surface area contributed by atoms with E-state index in [1.807, 2.05) is 0 Å². The first kappa shape index (κ1) is 13.6. The van der Waals surface area contributed by atoms with E-state index in [9.17, 15) is 18.0 Å². The van der Waals surface area contributed by atoms with Crippen molar-refractivity contribution in [3.63, 3.8) is 0 Å². The molecule has 0 saturated carbocycles. The first-order valence-corrected chi connectivity index (χ1v) is 6.03. The third-order valence-corrected chi connectivity index (χ3v) is 3.21. The van der Waals surface area contributed by atoms with Crippen LogP contribution in [0.25, 0.3) is 0 Å². The molecule has 0 spiro atoms. The number of Topliss-reactive ketones (excluding diaryl/α,β-unsaturated/α-hetero) is 1. The van der Waals surface area contributed by atoms with Crippen molar-refractivity contribution in [2.24, 2.45) is 0 Å². The van der Waals surface area contributed by atoms with Gasteiger partial charge in [-0.2, -0.15) is 13.2 Å². The van der Waals surface area contributed by atoms with Gasteiger partial charge in [-0.25, -0.2) is 0 Å². The predicted molar refractivity (Wildman–Crippen MR) is 60.7 cm³/mol. The van der Waals surface area contributed by atoms with Gasteiger partial charge in [-0.3, -0.25) is 4.79 Å². The molecule has 1 nitrogen and oxygen atoms in total. The van der Waals surface area contributed by atoms with E-state index in [0.717, 1.165) is 0 Å². The number of carbonyl (C=O) groups excluding carboxylic acids is 1. The fraction of sp³-hybridized carbons (Fsp3) is 0.300. The van der Waals surface area contributed by atoms with Gasteiger partial charge in [-0.05, 0) is 30.0 Å². The molecule has 0 aromatic heterocycles. The van der Waals surface area contributed by atoms with Crippen molar-refractivity contribution in [1.82, 2.24) is 0 Å². The second-order valence-corrected chi connectivity index (χ2v) is 4.96. The maximum absolute atomic E-state index is 12.1. The standard InChI is InChI=1S/C10H8BrF3OS/c1-2-9(15)7-5-6(3-4-8(7)11)16-10(12,13)14/h3-5H,2H2,1H3. The van der Waals surface area contributed by atoms with Gasteiger partial charge >= 0.3 is 5.51 Å². The monoisotopic (exact) mass is 312 g/mol. The molecule has 0 aliphatic carbocycles. The Balaban J connectivity index is 3.03. The Morgan fingerprint density at radius 2 is 2.06 bits per heavy atom. The average molecular weight is 313 g/mol. The lowest BCUT2D eigenvalue weighted by Crippen LogP contribution is -2.01. The molecule has 0 aliphatic rings. The SMILES string of the molecule is CCC(=O)c1cc(SC(F)(F)F)ccc1Br. The highest BCUT2D eigenvalue weighted by Crippen LogP contribution is 2.38. The van der Waals surface area contributed by atoms with Crippen LogP contribution in [0.4, 0.5) is 13.2 Å². The molecule has 0 aliphatic heterocycles. The Morgan fingerprint density at radius 3 is 2.56 bits per heavy atom. The van der Waals surface area contributed by atoms with Gasteiger partial charge < -0.3 is 0 Å². The maximum atomic E-state index is 12.1. The first-order valence-electron chi connectivity index (χ1n) is 4.42. The van der Waals surface area contributed by atoms with E-state index in [0.29, 0.717) is 4.47 Å². The smallest absolute Gasteiger partial charge is 0.294 e. The minimum Gasteiger partial charge on any atom is -0.294 e. The van der Waals surface area contributed by atoms with Crippen LogP contribution >= 0.6 is 27.7 Å². The Bertz CT molecular complexity index is 404. The number of hydrogen-bond donors (Lipinski definition) is 0. The molecule has 0 fully saturated rings. The van der Waals surface area contributed by atoms with E-state index in [-0.39, 0.29) is 34.4 Å². The maximum Gasteiger partial charge on any atom is 0.446 e. The fourth-order valence-corrected chi connectivity index (χ4v) is 2.15. The number of halogens is 4. The molecule has 1 aromatic rings. The highest BCUT2D eigenvalue weighted by molar-refractivity contribution is 9.10. The van der Waals surface area contributed by atoms with Crippen LogP contribution in [0.15, 0.2) is 27.6 Å². The highest BCUT2D eigenvalue weighted by atomic mass is 79.9. The van der Waals surface area contributed by atoms with Crippen molar-refractivity contribution in [3.8, 4) is 0 Å². The summed E-state index contributed by atoms with van der Waals surface area (Å²) in [6.07, 6.45) is 0.263. The molecule has 0 atom stereocenters. The number of rotatable bonds is 3. The molecule has 6 heteroatoms. The Kier molecular flexibility index (Phi) is 4.43. The van der Waals surface area contributed by atoms with Crippen molar-refractivity contribution in [1.29, 1.82) is 0 Å². The second kappa shape index (κ2) is 5.23. The number of ketones is 1. The van der Waals surface area contributed by atoms with Gasteiger partial charge in [-0.15, -0.1) is 0 Å². The van der Waals surface area contributed by atoms with Gasteiger partial charge in [0.05, 0.1) is 0 Å². The Hall–Kier alpha value is -0.490. The minimum atomic E-state index is -4.33. The normalized spacial score (nSPS) is 11.6. The van der Waals surface area contributed by atoms with E-state index in [1.54, 1.807) is 6.92 Å². The Labute approximate surface area is 104 Å². The van der Waals surface area contributed by atoms with Gasteiger partial charge in [0.15, 0.2) is 5.78 Å². The summed E-state index contributed by atoms with van der Waals surface area (Å²) in [6.45, 7) is 1.67. The van der Waals surface area contributed by atoms with Crippen molar-refractivity contribution in [3.05, 3.63) is 28.2 Å². The van der Waals surface area contributed by atoms with Crippen LogP contribution in [-0.4, -0.2) is 11.3 Å². The van der Waals surface area contributed by atoms with Gasteiger partial charge in [0.25, 0.3) is 0 Å². The van der Waals surface area contributed by atoms with Crippen LogP contribution in [0.2, 0.25) is 0 Å². The van der Waals surface area contributed by atoms with Gasteiger partial charge in [0.1, 0.15) is 0 Å². The van der Waals surface area contributed by atoms with Crippen LogP contribution in [0.1, 0.15) is 23.7 Å². The molecule has 0 saturated heterocycles. The third-order valence-electron chi connectivity index (χ3n) is 1.79. The van der Waals surface area contributed by atoms with Crippen LogP contribution in [0.3, 0.4) is 0 Å². The molecule has 1 rings (SSSR count). The quantitative estimate of drug-likeness (QED) is 0.597. The molecule has 0 heterocycles. The molecular weight excluding hydrogens is 305 g/mol. The lowest BCUT2D eigenvalue weighted by Gasteiger charge is -2.08. The van der Waals surface area contributed by atoms with Crippen LogP contribution in [0, 0.1) is 0 Å². The summed E-state index contributed by atoms with van der Waals surface area (Å²) in [5.41, 5.74) is -4.04. The largest absolute Gasteiger partial charge is 0.446 e. The molecule has 0 amide bonds. The second-order valence-electron chi connectivity index (χ2n) is 2.97. The zero-order chi connectivity index (χ0) is 12.3. The number of benzene rings is 1.